The van der Waals surface area contributed by atoms with Gasteiger partial charge in [0, 0.05) is 34.8 Å². The summed E-state index contributed by atoms with van der Waals surface area (Å²) < 4.78 is 2.76. The standard InChI is InChI=1S/C25H23ClN6O5S/c1-25(2,3)24(37)32-20(29-11-14-4-6-19(26)38-14)10-16(30-32)22-15(23(35)36)5-7-21(34)31(22)13-18(33)17-12-27-8-9-28-17/h4-10,12,29H,11,13H2,1-3H3,(H,35,36). The first kappa shape index (κ1) is 26.9. The van der Waals surface area contributed by atoms with Crippen molar-refractivity contribution in [3.8, 4) is 11.4 Å². The van der Waals surface area contributed by atoms with Gasteiger partial charge in [0.1, 0.15) is 17.2 Å². The normalized spacial score (nSPS) is 11.4. The second-order valence-corrected chi connectivity index (χ2v) is 11.1. The number of aromatic carboxylic acids is 1. The number of thiophene rings is 1. The van der Waals surface area contributed by atoms with Crippen LogP contribution in [0.25, 0.3) is 11.4 Å². The lowest BCUT2D eigenvalue weighted by Crippen LogP contribution is -2.29. The fourth-order valence-electron chi connectivity index (χ4n) is 3.57. The Morgan fingerprint density at radius 3 is 2.50 bits per heavy atom. The summed E-state index contributed by atoms with van der Waals surface area (Å²) >= 11 is 7.39. The molecule has 0 aliphatic rings. The molecule has 0 fully saturated rings. The van der Waals surface area contributed by atoms with Gasteiger partial charge in [0.15, 0.2) is 0 Å². The van der Waals surface area contributed by atoms with Gasteiger partial charge in [0.2, 0.25) is 5.78 Å². The van der Waals surface area contributed by atoms with Gasteiger partial charge in [-0.3, -0.25) is 23.9 Å². The van der Waals surface area contributed by atoms with Crippen LogP contribution in [0, 0.1) is 5.41 Å². The van der Waals surface area contributed by atoms with Crippen LogP contribution >= 0.6 is 22.9 Å². The van der Waals surface area contributed by atoms with Crippen LogP contribution in [0.2, 0.25) is 4.34 Å². The molecular weight excluding hydrogens is 532 g/mol. The molecule has 4 aromatic rings. The number of anilines is 1. The third-order valence-corrected chi connectivity index (χ3v) is 6.65. The van der Waals surface area contributed by atoms with Crippen LogP contribution in [-0.4, -0.2) is 47.1 Å². The highest BCUT2D eigenvalue weighted by Crippen LogP contribution is 2.29. The van der Waals surface area contributed by atoms with E-state index in [-0.39, 0.29) is 34.4 Å². The maximum absolute atomic E-state index is 13.3. The molecule has 0 radical (unpaired) electrons. The van der Waals surface area contributed by atoms with E-state index in [9.17, 15) is 24.3 Å². The number of hydrogen-bond donors (Lipinski definition) is 2. The molecule has 4 heterocycles. The van der Waals surface area contributed by atoms with Crippen molar-refractivity contribution < 1.29 is 19.5 Å². The van der Waals surface area contributed by atoms with Crippen molar-refractivity contribution in [3.05, 3.63) is 79.7 Å². The highest BCUT2D eigenvalue weighted by molar-refractivity contribution is 7.16. The number of hydrogen-bond acceptors (Lipinski definition) is 9. The summed E-state index contributed by atoms with van der Waals surface area (Å²) in [6.45, 7) is 4.98. The molecule has 0 amide bonds. The zero-order valence-electron chi connectivity index (χ0n) is 20.6. The molecule has 0 saturated heterocycles. The summed E-state index contributed by atoms with van der Waals surface area (Å²) in [5.74, 6) is -1.97. The average Bonchev–Trinajstić information content (AvgIpc) is 3.48. The van der Waals surface area contributed by atoms with Crippen molar-refractivity contribution in [3.63, 3.8) is 0 Å². The molecule has 13 heteroatoms. The lowest BCUT2D eigenvalue weighted by atomic mass is 9.96. The summed E-state index contributed by atoms with van der Waals surface area (Å²) in [4.78, 5) is 60.0. The van der Waals surface area contributed by atoms with Gasteiger partial charge < -0.3 is 10.4 Å². The molecule has 0 bridgehead atoms. The molecule has 0 aromatic carbocycles. The fraction of sp³-hybridized carbons (Fsp3) is 0.240. The minimum Gasteiger partial charge on any atom is -0.478 e. The monoisotopic (exact) mass is 554 g/mol. The van der Waals surface area contributed by atoms with Gasteiger partial charge in [-0.2, -0.15) is 9.78 Å². The molecule has 0 spiro atoms. The number of carboxylic acid groups (broad SMARTS) is 1. The van der Waals surface area contributed by atoms with Crippen molar-refractivity contribution in [1.29, 1.82) is 0 Å². The quantitative estimate of drug-likeness (QED) is 0.307. The highest BCUT2D eigenvalue weighted by Gasteiger charge is 2.29. The van der Waals surface area contributed by atoms with Crippen LogP contribution in [-0.2, 0) is 13.1 Å². The van der Waals surface area contributed by atoms with Crippen LogP contribution in [0.1, 0.15) is 51.3 Å². The molecule has 4 aromatic heterocycles. The largest absolute Gasteiger partial charge is 0.478 e. The lowest BCUT2D eigenvalue weighted by Gasteiger charge is -2.18. The van der Waals surface area contributed by atoms with E-state index in [2.05, 4.69) is 20.4 Å². The number of nitrogens with zero attached hydrogens (tertiary/aromatic N) is 5. The summed E-state index contributed by atoms with van der Waals surface area (Å²) in [7, 11) is 0. The van der Waals surface area contributed by atoms with Crippen molar-refractivity contribution in [2.75, 3.05) is 5.32 Å². The average molecular weight is 555 g/mol. The van der Waals surface area contributed by atoms with Gasteiger partial charge in [-0.15, -0.1) is 11.3 Å². The van der Waals surface area contributed by atoms with E-state index in [4.69, 9.17) is 11.6 Å². The number of pyridine rings is 1. The Labute approximate surface area is 225 Å². The van der Waals surface area contributed by atoms with Crippen molar-refractivity contribution in [2.24, 2.45) is 5.41 Å². The van der Waals surface area contributed by atoms with Crippen molar-refractivity contribution in [2.45, 2.75) is 33.9 Å². The Balaban J connectivity index is 1.85. The zero-order valence-corrected chi connectivity index (χ0v) is 22.2. The topological polar surface area (TPSA) is 149 Å². The van der Waals surface area contributed by atoms with Crippen molar-refractivity contribution >= 4 is 46.4 Å². The minimum atomic E-state index is -1.33. The number of aromatic nitrogens is 5. The van der Waals surface area contributed by atoms with Gasteiger partial charge in [-0.1, -0.05) is 32.4 Å². The molecule has 0 saturated carbocycles. The van der Waals surface area contributed by atoms with E-state index in [1.54, 1.807) is 26.8 Å². The Bertz CT molecular complexity index is 1590. The molecule has 2 N–H and O–H groups in total. The first-order valence-corrected chi connectivity index (χ1v) is 12.5. The highest BCUT2D eigenvalue weighted by atomic mass is 35.5. The summed E-state index contributed by atoms with van der Waals surface area (Å²) in [6, 6.07) is 7.27. The number of nitrogens with one attached hydrogen (secondary N) is 1. The van der Waals surface area contributed by atoms with E-state index < -0.39 is 29.3 Å². The zero-order chi connectivity index (χ0) is 27.6. The predicted molar refractivity (Wildman–Crippen MR) is 142 cm³/mol. The van der Waals surface area contributed by atoms with Crippen LogP contribution in [0.5, 0.6) is 0 Å². The number of carbonyl (C=O) groups excluding carboxylic acids is 2. The minimum absolute atomic E-state index is 0.0106. The Hall–Kier alpha value is -4.16. The number of carboxylic acids is 1. The van der Waals surface area contributed by atoms with Gasteiger partial charge in [-0.05, 0) is 18.2 Å². The van der Waals surface area contributed by atoms with Gasteiger partial charge >= 0.3 is 5.97 Å². The molecular formula is C25H23ClN6O5S. The Kier molecular flexibility index (Phi) is 7.56. The van der Waals surface area contributed by atoms with E-state index >= 15 is 0 Å². The number of rotatable bonds is 8. The number of carbonyl (C=O) groups is 3. The Morgan fingerprint density at radius 2 is 1.89 bits per heavy atom. The first-order chi connectivity index (χ1) is 18.0. The number of Topliss-reactive ketones (excluding diaryl/α,β-unsaturated/α-hetero) is 1. The molecule has 38 heavy (non-hydrogen) atoms. The van der Waals surface area contributed by atoms with Crippen LogP contribution in [0.4, 0.5) is 5.82 Å². The Morgan fingerprint density at radius 1 is 1.13 bits per heavy atom. The fourth-order valence-corrected chi connectivity index (χ4v) is 4.60. The molecule has 196 valence electrons. The van der Waals surface area contributed by atoms with Gasteiger partial charge in [-0.25, -0.2) is 9.78 Å². The van der Waals surface area contributed by atoms with Crippen LogP contribution in [0.3, 0.4) is 0 Å². The molecule has 4 rings (SSSR count). The summed E-state index contributed by atoms with van der Waals surface area (Å²) in [6.07, 6.45) is 3.99. The lowest BCUT2D eigenvalue weighted by molar-refractivity contribution is 0.0695. The van der Waals surface area contributed by atoms with E-state index in [0.717, 1.165) is 26.3 Å². The summed E-state index contributed by atoms with van der Waals surface area (Å²) in [5.41, 5.74) is -1.81. The maximum atomic E-state index is 13.3. The number of halogens is 1. The predicted octanol–water partition coefficient (Wildman–Crippen LogP) is 4.10. The first-order valence-electron chi connectivity index (χ1n) is 11.4. The second-order valence-electron chi connectivity index (χ2n) is 9.28. The molecule has 0 atom stereocenters. The third kappa shape index (κ3) is 5.71. The van der Waals surface area contributed by atoms with E-state index in [0.29, 0.717) is 10.9 Å². The molecule has 0 aliphatic heterocycles. The van der Waals surface area contributed by atoms with Crippen LogP contribution in [0.15, 0.2) is 53.7 Å². The van der Waals surface area contributed by atoms with Crippen LogP contribution < -0.4 is 10.9 Å². The van der Waals surface area contributed by atoms with Gasteiger partial charge in [0.25, 0.3) is 11.5 Å². The smallest absolute Gasteiger partial charge is 0.337 e. The molecule has 0 aliphatic carbocycles. The second kappa shape index (κ2) is 10.7. The van der Waals surface area contributed by atoms with Crippen molar-refractivity contribution in [1.82, 2.24) is 24.3 Å². The maximum Gasteiger partial charge on any atom is 0.337 e. The van der Waals surface area contributed by atoms with E-state index in [1.807, 2.05) is 6.07 Å². The third-order valence-electron chi connectivity index (χ3n) is 5.42. The molecule has 11 nitrogen and oxygen atoms in total. The van der Waals surface area contributed by atoms with E-state index in [1.165, 1.54) is 36.0 Å². The molecule has 0 unspecified atom stereocenters. The SMILES string of the molecule is CC(C)(C)C(=O)n1nc(-c2c(C(=O)O)ccc(=O)n2CC(=O)c2cnccn2)cc1NCc1ccc(Cl)s1. The van der Waals surface area contributed by atoms with Gasteiger partial charge in [0.05, 0.1) is 34.9 Å². The summed E-state index contributed by atoms with van der Waals surface area (Å²) in [5, 5.41) is 17.5. The number of ketones is 1.